The van der Waals surface area contributed by atoms with E-state index in [9.17, 15) is 96.8 Å². The minimum Gasteiger partial charge on any atom is -0.480 e. The third kappa shape index (κ3) is 31.0. The van der Waals surface area contributed by atoms with Crippen molar-refractivity contribution in [2.75, 3.05) is 39.4 Å². The fraction of sp³-hybridized carbons (Fsp3) is 0.474. The number of aliphatic hydroxyl groups is 2. The van der Waals surface area contributed by atoms with E-state index in [1.165, 1.54) is 4.90 Å². The molecule has 37 nitrogen and oxygen atoms in total. The number of nitrogens with two attached hydrogens (primary N) is 2. The number of fused-ring (bicyclic) bond motifs is 1. The molecule has 0 aromatic heterocycles. The van der Waals surface area contributed by atoms with Gasteiger partial charge in [-0.2, -0.15) is 0 Å². The predicted molar refractivity (Wildman–Crippen MR) is 413 cm³/mol. The zero-order chi connectivity index (χ0) is 84.3. The van der Waals surface area contributed by atoms with Crippen molar-refractivity contribution in [2.45, 2.75) is 184 Å². The molecule has 12 unspecified atom stereocenters. The molecule has 6 rings (SSSR count). The molecule has 0 bridgehead atoms. The summed E-state index contributed by atoms with van der Waals surface area (Å²) in [4.78, 5) is 238. The zero-order valence-electron chi connectivity index (χ0n) is 64.4. The summed E-state index contributed by atoms with van der Waals surface area (Å²) in [6.45, 7) is 2.97. The Morgan fingerprint density at radius 1 is 0.522 bits per heavy atom. The van der Waals surface area contributed by atoms with Gasteiger partial charge in [0.2, 0.25) is 82.7 Å². The van der Waals surface area contributed by atoms with E-state index in [1.54, 1.807) is 149 Å². The van der Waals surface area contributed by atoms with Crippen LogP contribution >= 0.6 is 0 Å². The Bertz CT molecular complexity index is 4030. The molecule has 4 aromatic carbocycles. The quantitative estimate of drug-likeness (QED) is 0.0194. The molecule has 622 valence electrons. The molecule has 0 spiro atoms. The van der Waals surface area contributed by atoms with Gasteiger partial charge in [0.1, 0.15) is 72.5 Å². The van der Waals surface area contributed by atoms with Crippen LogP contribution < -0.4 is 85.9 Å². The average molecular weight is 1600 g/mol. The van der Waals surface area contributed by atoms with Gasteiger partial charge in [-0.05, 0) is 85.6 Å². The number of nitrogens with zero attached hydrogens (tertiary/aromatic N) is 1. The first kappa shape index (κ1) is 91.6. The van der Waals surface area contributed by atoms with Crippen LogP contribution in [0.2, 0.25) is 0 Å². The third-order valence-electron chi connectivity index (χ3n) is 18.5. The Balaban J connectivity index is 1.22. The molecule has 115 heavy (non-hydrogen) atoms. The Labute approximate surface area is 664 Å². The summed E-state index contributed by atoms with van der Waals surface area (Å²) in [5.41, 5.74) is 13.4. The van der Waals surface area contributed by atoms with Crippen molar-refractivity contribution in [1.82, 2.24) is 79.3 Å². The van der Waals surface area contributed by atoms with Crippen LogP contribution in [0.25, 0.3) is 0 Å². The van der Waals surface area contributed by atoms with Crippen molar-refractivity contribution in [1.29, 1.82) is 0 Å². The zero-order valence-corrected chi connectivity index (χ0v) is 64.4. The number of carboxylic acid groups (broad SMARTS) is 1. The SMILES string of the molecule is CC(C)CC(NC(=O)CNC(=O)C(Cc1ccccc1)NC(=O)C(CO)NC(=O)C1CC(=O)NCC(=O)NC(Cc2ccccc2)C(=O)NC(=O)NC(CO)C(=O)NC(CCCCN)C(=O)N2CCCC2C(=O)NC(CC(C)C)C(=O)N1)C(=O)NC(CC(N)=O)C(=O)NC(Cc1ccccc1)C(=O)NC(Cc1ccccc1)C(=O)O. The maximum absolute atomic E-state index is 14.7. The highest BCUT2D eigenvalue weighted by Crippen LogP contribution is 2.22. The van der Waals surface area contributed by atoms with Gasteiger partial charge < -0.3 is 101 Å². The lowest BCUT2D eigenvalue weighted by Gasteiger charge is -2.31. The van der Waals surface area contributed by atoms with Gasteiger partial charge in [-0.25, -0.2) is 9.59 Å². The number of rotatable bonds is 35. The molecule has 2 fully saturated rings. The minimum atomic E-state index is -2.02. The standard InChI is InChI=1S/C78H105N17O20/c1-44(2)32-51(67(103)88-56(38-62(80)98)70(106)87-55(36-48-24-13-7-14-25-48)69(105)91-58(77(113)114)37-49-26-15-8-16-27-49)83-65(101)41-82-66(102)53(34-46-20-9-5-10-21-46)86-73(109)59(42-96)92-71(107)57-39-63(99)81-40-64(100)84-54(35-47-22-11-6-12-23-47)72(108)94-78(115)93-60(43-97)74(110)85-50(28-17-18-30-79)76(112)95-31-19-29-61(95)75(111)90-52(33-45(3)4)68(104)89-57/h5-16,20-27,44-45,50-61,96-97H,17-19,28-43,79H2,1-4H3,(H2,80,98)(H,81,99)(H,82,102)(H,83,101)(H,84,100)(H,85,110)(H,86,109)(H,87,106)(H,88,103)(H,89,104)(H,90,111)(H,91,105)(H,92,107)(H,113,114)(H2,93,94,108,115). The highest BCUT2D eigenvalue weighted by molar-refractivity contribution is 6.03. The van der Waals surface area contributed by atoms with Crippen molar-refractivity contribution >= 4 is 101 Å². The van der Waals surface area contributed by atoms with E-state index in [1.807, 2.05) is 5.32 Å². The smallest absolute Gasteiger partial charge is 0.326 e. The molecule has 21 N–H and O–H groups in total. The number of imide groups is 1. The number of aliphatic carboxylic acids is 1. The summed E-state index contributed by atoms with van der Waals surface area (Å²) < 4.78 is 0. The summed E-state index contributed by atoms with van der Waals surface area (Å²) in [5.74, 6) is -17.8. The second-order valence-electron chi connectivity index (χ2n) is 28.8. The van der Waals surface area contributed by atoms with Gasteiger partial charge in [-0.1, -0.05) is 149 Å². The van der Waals surface area contributed by atoms with E-state index in [0.717, 1.165) is 0 Å². The van der Waals surface area contributed by atoms with Gasteiger partial charge >= 0.3 is 12.0 Å². The molecule has 2 aliphatic heterocycles. The largest absolute Gasteiger partial charge is 0.480 e. The highest BCUT2D eigenvalue weighted by atomic mass is 16.4. The van der Waals surface area contributed by atoms with Gasteiger partial charge in [0.15, 0.2) is 0 Å². The number of hydrogen-bond donors (Lipinski definition) is 19. The molecular formula is C78H105N17O20. The van der Waals surface area contributed by atoms with Crippen LogP contribution in [0.3, 0.4) is 0 Å². The number of unbranched alkanes of at least 4 members (excludes halogenated alkanes) is 1. The molecule has 12 atom stereocenters. The third-order valence-corrected chi connectivity index (χ3v) is 18.5. The van der Waals surface area contributed by atoms with Gasteiger partial charge in [0.25, 0.3) is 5.91 Å². The van der Waals surface area contributed by atoms with Crippen LogP contribution in [0.4, 0.5) is 4.79 Å². The molecule has 2 saturated heterocycles. The number of carbonyl (C=O) groups excluding carboxylic acids is 16. The van der Waals surface area contributed by atoms with Crippen molar-refractivity contribution in [3.05, 3.63) is 144 Å². The van der Waals surface area contributed by atoms with Gasteiger partial charge in [-0.15, -0.1) is 0 Å². The number of nitrogens with one attached hydrogen (secondary N) is 14. The van der Waals surface area contributed by atoms with Gasteiger partial charge in [-0.3, -0.25) is 77.2 Å². The van der Waals surface area contributed by atoms with Crippen LogP contribution in [-0.4, -0.2) is 233 Å². The molecule has 2 heterocycles. The molecule has 17 amide bonds. The normalized spacial score (nSPS) is 19.6. The first-order valence-corrected chi connectivity index (χ1v) is 37.9. The number of primary amides is 1. The van der Waals surface area contributed by atoms with Crippen LogP contribution in [0.5, 0.6) is 0 Å². The number of urea groups is 1. The Morgan fingerprint density at radius 3 is 1.57 bits per heavy atom. The number of amides is 17. The van der Waals surface area contributed by atoms with E-state index >= 15 is 0 Å². The second-order valence-corrected chi connectivity index (χ2v) is 28.8. The number of hydrogen-bond acceptors (Lipinski definition) is 20. The summed E-state index contributed by atoms with van der Waals surface area (Å²) in [6.07, 6.45) is -1.93. The lowest BCUT2D eigenvalue weighted by Crippen LogP contribution is -2.61. The summed E-state index contributed by atoms with van der Waals surface area (Å²) in [5, 5.41) is 64.9. The molecule has 4 aromatic rings. The highest BCUT2D eigenvalue weighted by Gasteiger charge is 2.42. The van der Waals surface area contributed by atoms with Crippen molar-refractivity contribution in [3.63, 3.8) is 0 Å². The van der Waals surface area contributed by atoms with Crippen LogP contribution in [0.1, 0.15) is 108 Å². The second kappa shape index (κ2) is 46.7. The van der Waals surface area contributed by atoms with E-state index in [2.05, 4.69) is 69.1 Å². The molecule has 0 aliphatic carbocycles. The fourth-order valence-corrected chi connectivity index (χ4v) is 12.7. The van der Waals surface area contributed by atoms with E-state index in [4.69, 9.17) is 11.5 Å². The van der Waals surface area contributed by atoms with Crippen molar-refractivity contribution in [2.24, 2.45) is 23.3 Å². The summed E-state index contributed by atoms with van der Waals surface area (Å²) in [7, 11) is 0. The summed E-state index contributed by atoms with van der Waals surface area (Å²) in [6, 6.07) is 12.4. The Kier molecular flexibility index (Phi) is 37.2. The van der Waals surface area contributed by atoms with Gasteiger partial charge in [0.05, 0.1) is 39.1 Å². The molecule has 2 aliphatic rings. The Morgan fingerprint density at radius 2 is 1.03 bits per heavy atom. The molecule has 0 saturated carbocycles. The van der Waals surface area contributed by atoms with E-state index in [0.29, 0.717) is 28.7 Å². The van der Waals surface area contributed by atoms with E-state index < -0.39 is 212 Å². The Hall–Kier alpha value is -12.3. The lowest BCUT2D eigenvalue weighted by molar-refractivity contribution is -0.142. The number of carbonyl (C=O) groups is 17. The van der Waals surface area contributed by atoms with E-state index in [-0.39, 0.29) is 89.1 Å². The number of aliphatic hydroxyl groups excluding tert-OH is 2. The maximum atomic E-state index is 14.7. The number of benzene rings is 4. The molecule has 37 heteroatoms. The van der Waals surface area contributed by atoms with Crippen LogP contribution in [-0.2, 0) is 102 Å². The topological polar surface area (TPSA) is 575 Å². The first-order chi connectivity index (χ1) is 54.8. The van der Waals surface area contributed by atoms with Crippen LogP contribution in [0, 0.1) is 11.8 Å². The minimum absolute atomic E-state index is 0.00170. The monoisotopic (exact) mass is 1600 g/mol. The maximum Gasteiger partial charge on any atom is 0.326 e. The average Bonchev–Trinajstić information content (AvgIpc) is 1.74. The van der Waals surface area contributed by atoms with Crippen molar-refractivity contribution < 1.29 is 96.8 Å². The predicted octanol–water partition coefficient (Wildman–Crippen LogP) is -4.21. The molecular weight excluding hydrogens is 1490 g/mol. The van der Waals surface area contributed by atoms with Gasteiger partial charge in [0, 0.05) is 32.2 Å². The lowest BCUT2D eigenvalue weighted by atomic mass is 10.0. The van der Waals surface area contributed by atoms with Crippen LogP contribution in [0.15, 0.2) is 121 Å². The molecule has 0 radical (unpaired) electrons. The first-order valence-electron chi connectivity index (χ1n) is 37.9. The summed E-state index contributed by atoms with van der Waals surface area (Å²) >= 11 is 0. The van der Waals surface area contributed by atoms with Crippen molar-refractivity contribution in [3.8, 4) is 0 Å². The fourth-order valence-electron chi connectivity index (χ4n) is 12.7. The number of carboxylic acids is 1.